The first kappa shape index (κ1) is 24.8. The molecule has 0 aliphatic carbocycles. The van der Waals surface area contributed by atoms with E-state index in [1.165, 1.54) is 16.8 Å². The van der Waals surface area contributed by atoms with Crippen LogP contribution in [0.4, 0.5) is 5.69 Å². The third kappa shape index (κ3) is 7.36. The number of aromatic nitrogens is 1. The molecule has 2 heterocycles. The first-order chi connectivity index (χ1) is 16.1. The van der Waals surface area contributed by atoms with Crippen LogP contribution in [-0.4, -0.2) is 56.3 Å². The normalized spacial score (nSPS) is 15.3. The third-order valence-electron chi connectivity index (χ3n) is 6.28. The number of benzene rings is 1. The Hall–Kier alpha value is -2.79. The molecule has 33 heavy (non-hydrogen) atoms. The highest BCUT2D eigenvalue weighted by Gasteiger charge is 2.18. The number of rotatable bonds is 11. The second kappa shape index (κ2) is 13.0. The summed E-state index contributed by atoms with van der Waals surface area (Å²) in [7, 11) is 1.90. The molecule has 1 fully saturated rings. The fourth-order valence-corrected chi connectivity index (χ4v) is 4.21. The average Bonchev–Trinajstić information content (AvgIpc) is 2.84. The van der Waals surface area contributed by atoms with Gasteiger partial charge in [0.05, 0.1) is 12.3 Å². The Morgan fingerprint density at radius 1 is 1.06 bits per heavy atom. The van der Waals surface area contributed by atoms with Crippen molar-refractivity contribution in [3.8, 4) is 5.88 Å². The Morgan fingerprint density at radius 2 is 1.85 bits per heavy atom. The largest absolute Gasteiger partial charge is 0.478 e. The van der Waals surface area contributed by atoms with Gasteiger partial charge < -0.3 is 15.0 Å². The van der Waals surface area contributed by atoms with Crippen LogP contribution in [0.2, 0.25) is 0 Å². The van der Waals surface area contributed by atoms with E-state index in [-0.39, 0.29) is 0 Å². The van der Waals surface area contributed by atoms with Crippen LogP contribution in [0.5, 0.6) is 5.88 Å². The third-order valence-corrected chi connectivity index (χ3v) is 6.28. The Balaban J connectivity index is 1.39. The predicted octanol–water partition coefficient (Wildman–Crippen LogP) is 5.21. The predicted molar refractivity (Wildman–Crippen MR) is 140 cm³/mol. The number of pyridine rings is 1. The Bertz CT molecular complexity index is 929. The smallest absolute Gasteiger partial charge is 0.213 e. The van der Waals surface area contributed by atoms with Gasteiger partial charge in [-0.25, -0.2) is 4.98 Å². The summed E-state index contributed by atoms with van der Waals surface area (Å²) >= 11 is 0. The van der Waals surface area contributed by atoms with E-state index in [0.717, 1.165) is 63.3 Å². The van der Waals surface area contributed by atoms with E-state index < -0.39 is 0 Å². The second-order valence-corrected chi connectivity index (χ2v) is 8.65. The number of aryl methyl sites for hydroxylation is 1. The van der Waals surface area contributed by atoms with Crippen molar-refractivity contribution in [1.29, 1.82) is 0 Å². The average molecular weight is 449 g/mol. The van der Waals surface area contributed by atoms with Crippen molar-refractivity contribution in [2.24, 2.45) is 0 Å². The molecule has 1 aliphatic rings. The van der Waals surface area contributed by atoms with Crippen molar-refractivity contribution < 1.29 is 4.74 Å². The first-order valence-electron chi connectivity index (χ1n) is 12.3. The number of allylic oxidation sites excluding steroid dienone is 3. The van der Waals surface area contributed by atoms with Gasteiger partial charge in [-0.3, -0.25) is 4.90 Å². The Labute approximate surface area is 200 Å². The molecule has 0 amide bonds. The first-order valence-corrected chi connectivity index (χ1v) is 12.3. The van der Waals surface area contributed by atoms with Gasteiger partial charge in [-0.2, -0.15) is 0 Å². The van der Waals surface area contributed by atoms with Gasteiger partial charge in [0.15, 0.2) is 0 Å². The van der Waals surface area contributed by atoms with E-state index in [9.17, 15) is 0 Å². The summed E-state index contributed by atoms with van der Waals surface area (Å²) < 4.78 is 5.96. The number of hydrogen-bond donors (Lipinski definition) is 1. The van der Waals surface area contributed by atoms with Gasteiger partial charge >= 0.3 is 0 Å². The molecular weight excluding hydrogens is 408 g/mol. The number of piperazine rings is 1. The molecule has 0 atom stereocenters. The zero-order valence-electron chi connectivity index (χ0n) is 20.8. The van der Waals surface area contributed by atoms with Crippen LogP contribution < -0.4 is 15.0 Å². The summed E-state index contributed by atoms with van der Waals surface area (Å²) in [6, 6.07) is 12.6. The van der Waals surface area contributed by atoms with E-state index in [0.29, 0.717) is 12.5 Å². The van der Waals surface area contributed by atoms with Crippen molar-refractivity contribution >= 4 is 11.3 Å². The Kier molecular flexibility index (Phi) is 9.82. The number of nitrogens with one attached hydrogen (secondary N) is 1. The molecular formula is C28H40N4O. The lowest BCUT2D eigenvalue weighted by Gasteiger charge is -2.37. The molecule has 0 saturated carbocycles. The molecule has 0 radical (unpaired) electrons. The minimum absolute atomic E-state index is 0.703. The molecule has 5 nitrogen and oxygen atoms in total. The molecule has 3 rings (SSSR count). The summed E-state index contributed by atoms with van der Waals surface area (Å²) in [6.07, 6.45) is 9.32. The highest BCUT2D eigenvalue weighted by Crippen LogP contribution is 2.24. The fraction of sp³-hybridized carbons (Fsp3) is 0.464. The summed E-state index contributed by atoms with van der Waals surface area (Å²) in [6.45, 7) is 12.9. The highest BCUT2D eigenvalue weighted by molar-refractivity contribution is 5.71. The van der Waals surface area contributed by atoms with Gasteiger partial charge in [0.1, 0.15) is 0 Å². The summed E-state index contributed by atoms with van der Waals surface area (Å²) in [5, 5.41) is 3.04. The van der Waals surface area contributed by atoms with Crippen LogP contribution in [0.1, 0.15) is 43.0 Å². The lowest BCUT2D eigenvalue weighted by Crippen LogP contribution is -2.46. The van der Waals surface area contributed by atoms with E-state index in [1.807, 2.05) is 31.4 Å². The minimum atomic E-state index is 0.703. The van der Waals surface area contributed by atoms with E-state index in [4.69, 9.17) is 9.72 Å². The van der Waals surface area contributed by atoms with Gasteiger partial charge in [-0.1, -0.05) is 31.2 Å². The number of anilines is 1. The minimum Gasteiger partial charge on any atom is -0.478 e. The quantitative estimate of drug-likeness (QED) is 0.378. The van der Waals surface area contributed by atoms with Crippen molar-refractivity contribution in [2.75, 3.05) is 51.3 Å². The summed E-state index contributed by atoms with van der Waals surface area (Å²) in [5.74, 6) is 0.703. The molecule has 0 spiro atoms. The van der Waals surface area contributed by atoms with Gasteiger partial charge in [0.2, 0.25) is 5.88 Å². The molecule has 1 aromatic heterocycles. The molecule has 1 aromatic carbocycles. The maximum atomic E-state index is 5.96. The molecule has 2 aromatic rings. The van der Waals surface area contributed by atoms with Crippen molar-refractivity contribution in [2.45, 2.75) is 40.0 Å². The molecule has 1 saturated heterocycles. The van der Waals surface area contributed by atoms with E-state index in [2.05, 4.69) is 66.2 Å². The van der Waals surface area contributed by atoms with Gasteiger partial charge in [0.25, 0.3) is 0 Å². The lowest BCUT2D eigenvalue weighted by molar-refractivity contribution is 0.236. The standard InChI is InChI=1S/C28H40N4O/c1-5-10-25(15-16-29-4)26-12-9-14-28(30-26)33-22-7-6-17-31-18-20-32(21-19-31)27-13-8-11-23(2)24(27)3/h8-16,29H,5-7,17-22H2,1-4H3/b16-15-,25-10-. The topological polar surface area (TPSA) is 40.6 Å². The van der Waals surface area contributed by atoms with Gasteiger partial charge in [-0.05, 0) is 80.8 Å². The molecule has 5 heteroatoms. The number of hydrogen-bond acceptors (Lipinski definition) is 5. The Morgan fingerprint density at radius 3 is 2.61 bits per heavy atom. The van der Waals surface area contributed by atoms with Crippen LogP contribution in [0.15, 0.2) is 54.8 Å². The van der Waals surface area contributed by atoms with Crippen molar-refractivity contribution in [1.82, 2.24) is 15.2 Å². The van der Waals surface area contributed by atoms with Crippen LogP contribution in [0.25, 0.3) is 5.57 Å². The van der Waals surface area contributed by atoms with Crippen LogP contribution in [0, 0.1) is 13.8 Å². The molecule has 0 unspecified atom stereocenters. The number of ether oxygens (including phenoxy) is 1. The molecule has 1 N–H and O–H groups in total. The highest BCUT2D eigenvalue weighted by atomic mass is 16.5. The molecule has 1 aliphatic heterocycles. The van der Waals surface area contributed by atoms with Crippen LogP contribution in [0.3, 0.4) is 0 Å². The molecule has 0 bridgehead atoms. The van der Waals surface area contributed by atoms with E-state index >= 15 is 0 Å². The zero-order chi connectivity index (χ0) is 23.5. The SMILES string of the molecule is CC/C=C(/C=C\NC)c1cccc(OCCCCN2CCN(c3cccc(C)c3C)CC2)n1. The summed E-state index contributed by atoms with van der Waals surface area (Å²) in [4.78, 5) is 9.81. The van der Waals surface area contributed by atoms with Crippen molar-refractivity contribution in [3.63, 3.8) is 0 Å². The monoisotopic (exact) mass is 448 g/mol. The summed E-state index contributed by atoms with van der Waals surface area (Å²) in [5.41, 5.74) is 6.24. The maximum Gasteiger partial charge on any atom is 0.213 e. The maximum absolute atomic E-state index is 5.96. The van der Waals surface area contributed by atoms with Crippen LogP contribution >= 0.6 is 0 Å². The van der Waals surface area contributed by atoms with E-state index in [1.54, 1.807) is 0 Å². The fourth-order valence-electron chi connectivity index (χ4n) is 4.21. The molecule has 178 valence electrons. The second-order valence-electron chi connectivity index (χ2n) is 8.65. The number of nitrogens with zero attached hydrogens (tertiary/aromatic N) is 3. The lowest BCUT2D eigenvalue weighted by atomic mass is 10.1. The zero-order valence-corrected chi connectivity index (χ0v) is 20.8. The van der Waals surface area contributed by atoms with Gasteiger partial charge in [0, 0.05) is 45.0 Å². The van der Waals surface area contributed by atoms with Crippen molar-refractivity contribution in [3.05, 3.63) is 71.6 Å². The number of unbranched alkanes of at least 4 members (excludes halogenated alkanes) is 1. The van der Waals surface area contributed by atoms with Gasteiger partial charge in [-0.15, -0.1) is 0 Å². The van der Waals surface area contributed by atoms with Crippen LogP contribution in [-0.2, 0) is 0 Å².